The van der Waals surface area contributed by atoms with Crippen molar-refractivity contribution < 1.29 is 5.21 Å². The molecule has 2 heteroatoms. The van der Waals surface area contributed by atoms with Gasteiger partial charge in [-0.05, 0) is 42.0 Å². The van der Waals surface area contributed by atoms with E-state index in [4.69, 9.17) is 0 Å². The fourth-order valence-corrected chi connectivity index (χ4v) is 2.91. The van der Waals surface area contributed by atoms with Gasteiger partial charge in [0, 0.05) is 6.42 Å². The molecule has 0 aromatic heterocycles. The average Bonchev–Trinajstić information content (AvgIpc) is 2.56. The molecular formula is C19H19NO. The maximum atomic E-state index is 9.21. The van der Waals surface area contributed by atoms with E-state index in [0.29, 0.717) is 5.92 Å². The fourth-order valence-electron chi connectivity index (χ4n) is 2.91. The Morgan fingerprint density at radius 1 is 0.952 bits per heavy atom. The molecule has 1 atom stereocenters. The lowest BCUT2D eigenvalue weighted by Crippen LogP contribution is -2.12. The second kappa shape index (κ2) is 5.96. The molecule has 1 N–H and O–H groups in total. The molecular weight excluding hydrogens is 258 g/mol. The van der Waals surface area contributed by atoms with E-state index in [0.717, 1.165) is 18.6 Å². The molecule has 2 aromatic rings. The van der Waals surface area contributed by atoms with Crippen molar-refractivity contribution in [1.29, 1.82) is 0 Å². The van der Waals surface area contributed by atoms with Gasteiger partial charge in [-0.3, -0.25) is 0 Å². The van der Waals surface area contributed by atoms with Crippen LogP contribution in [0.15, 0.2) is 65.8 Å². The lowest BCUT2D eigenvalue weighted by Gasteiger charge is -2.24. The van der Waals surface area contributed by atoms with E-state index in [2.05, 4.69) is 48.5 Å². The summed E-state index contributed by atoms with van der Waals surface area (Å²) < 4.78 is 0. The van der Waals surface area contributed by atoms with Crippen LogP contribution in [-0.4, -0.2) is 10.9 Å². The molecule has 2 nitrogen and oxygen atoms in total. The molecule has 0 radical (unpaired) electrons. The molecule has 1 aliphatic rings. The zero-order valence-electron chi connectivity index (χ0n) is 12.2. The number of aryl methyl sites for hydroxylation is 1. The molecule has 0 saturated carbocycles. The molecule has 0 fully saturated rings. The maximum Gasteiger partial charge on any atom is 0.0804 e. The van der Waals surface area contributed by atoms with Gasteiger partial charge in [0.1, 0.15) is 0 Å². The van der Waals surface area contributed by atoms with Crippen molar-refractivity contribution in [2.24, 2.45) is 5.16 Å². The summed E-state index contributed by atoms with van der Waals surface area (Å²) in [5.41, 5.74) is 5.77. The van der Waals surface area contributed by atoms with Crippen LogP contribution in [0.25, 0.3) is 5.57 Å². The first kappa shape index (κ1) is 13.6. The highest BCUT2D eigenvalue weighted by Gasteiger charge is 2.22. The smallest absolute Gasteiger partial charge is 0.0804 e. The highest BCUT2D eigenvalue weighted by molar-refractivity contribution is 6.02. The number of nitrogens with zero attached hydrogens (tertiary/aromatic N) is 1. The summed E-state index contributed by atoms with van der Waals surface area (Å²) in [6, 6.07) is 19.0. The second-order valence-electron chi connectivity index (χ2n) is 5.64. The Labute approximate surface area is 125 Å². The van der Waals surface area contributed by atoms with Gasteiger partial charge in [-0.1, -0.05) is 65.3 Å². The zero-order valence-corrected chi connectivity index (χ0v) is 12.2. The Kier molecular flexibility index (Phi) is 3.87. The first-order chi connectivity index (χ1) is 10.3. The Morgan fingerprint density at radius 2 is 1.67 bits per heavy atom. The molecule has 0 aliphatic heterocycles. The Balaban J connectivity index is 1.93. The van der Waals surface area contributed by atoms with E-state index in [-0.39, 0.29) is 0 Å². The maximum absolute atomic E-state index is 9.21. The van der Waals surface area contributed by atoms with E-state index in [1.54, 1.807) is 0 Å². The van der Waals surface area contributed by atoms with Crippen LogP contribution in [0.2, 0.25) is 0 Å². The molecule has 21 heavy (non-hydrogen) atoms. The van der Waals surface area contributed by atoms with Crippen LogP contribution in [0, 0.1) is 6.92 Å². The van der Waals surface area contributed by atoms with E-state index in [9.17, 15) is 5.21 Å². The van der Waals surface area contributed by atoms with Crippen LogP contribution >= 0.6 is 0 Å². The predicted molar refractivity (Wildman–Crippen MR) is 86.8 cm³/mol. The number of hydrogen-bond donors (Lipinski definition) is 1. The summed E-state index contributed by atoms with van der Waals surface area (Å²) in [7, 11) is 0. The lowest BCUT2D eigenvalue weighted by molar-refractivity contribution is 0.317. The van der Waals surface area contributed by atoms with Crippen LogP contribution in [-0.2, 0) is 0 Å². The molecule has 1 aliphatic carbocycles. The van der Waals surface area contributed by atoms with Gasteiger partial charge in [0.2, 0.25) is 0 Å². The zero-order chi connectivity index (χ0) is 14.7. The minimum atomic E-state index is 0.372. The van der Waals surface area contributed by atoms with Crippen molar-refractivity contribution in [3.63, 3.8) is 0 Å². The summed E-state index contributed by atoms with van der Waals surface area (Å²) in [4.78, 5) is 0. The third-order valence-corrected chi connectivity index (χ3v) is 4.08. The summed E-state index contributed by atoms with van der Waals surface area (Å²) in [5.74, 6) is 0.372. The number of allylic oxidation sites excluding steroid dienone is 2. The number of oxime groups is 1. The molecule has 0 saturated heterocycles. The standard InChI is InChI=1S/C19H19NO/c1-14-7-9-16(10-8-14)18-11-17(12-19(13-18)20-21)15-5-3-2-4-6-15/h2-10,12,18,21H,11,13H2,1H3/b20-19-. The van der Waals surface area contributed by atoms with Gasteiger partial charge >= 0.3 is 0 Å². The van der Waals surface area contributed by atoms with E-state index in [1.807, 2.05) is 24.3 Å². The van der Waals surface area contributed by atoms with Crippen LogP contribution in [0.1, 0.15) is 35.4 Å². The summed E-state index contributed by atoms with van der Waals surface area (Å²) >= 11 is 0. The van der Waals surface area contributed by atoms with Gasteiger partial charge in [0.15, 0.2) is 0 Å². The molecule has 0 heterocycles. The molecule has 1 unspecified atom stereocenters. The topological polar surface area (TPSA) is 32.6 Å². The average molecular weight is 277 g/mol. The van der Waals surface area contributed by atoms with Crippen molar-refractivity contribution in [3.05, 3.63) is 77.4 Å². The second-order valence-corrected chi connectivity index (χ2v) is 5.64. The van der Waals surface area contributed by atoms with Crippen LogP contribution in [0.5, 0.6) is 0 Å². The third-order valence-electron chi connectivity index (χ3n) is 4.08. The number of benzene rings is 2. The van der Waals surface area contributed by atoms with Crippen LogP contribution in [0.4, 0.5) is 0 Å². The minimum absolute atomic E-state index is 0.372. The molecule has 2 aromatic carbocycles. The quantitative estimate of drug-likeness (QED) is 0.621. The van der Waals surface area contributed by atoms with Crippen molar-refractivity contribution in [3.8, 4) is 0 Å². The fraction of sp³-hybridized carbons (Fsp3) is 0.211. The first-order valence-corrected chi connectivity index (χ1v) is 7.30. The van der Waals surface area contributed by atoms with Crippen molar-refractivity contribution in [1.82, 2.24) is 0 Å². The largest absolute Gasteiger partial charge is 0.411 e. The number of rotatable bonds is 2. The minimum Gasteiger partial charge on any atom is -0.411 e. The molecule has 3 rings (SSSR count). The highest BCUT2D eigenvalue weighted by Crippen LogP contribution is 2.36. The Morgan fingerprint density at radius 3 is 2.33 bits per heavy atom. The number of hydrogen-bond acceptors (Lipinski definition) is 2. The monoisotopic (exact) mass is 277 g/mol. The SMILES string of the molecule is Cc1ccc(C2CC(c3ccccc3)=C/C(=N/O)C2)cc1. The normalized spacial score (nSPS) is 20.3. The van der Waals surface area contributed by atoms with Gasteiger partial charge in [0.05, 0.1) is 5.71 Å². The highest BCUT2D eigenvalue weighted by atomic mass is 16.4. The van der Waals surface area contributed by atoms with Crippen molar-refractivity contribution >= 4 is 11.3 Å². The predicted octanol–water partition coefficient (Wildman–Crippen LogP) is 4.79. The molecule has 106 valence electrons. The third kappa shape index (κ3) is 3.05. The van der Waals surface area contributed by atoms with Gasteiger partial charge in [-0.2, -0.15) is 0 Å². The molecule has 0 spiro atoms. The van der Waals surface area contributed by atoms with Gasteiger partial charge in [-0.15, -0.1) is 0 Å². The molecule has 0 amide bonds. The van der Waals surface area contributed by atoms with Crippen molar-refractivity contribution in [2.45, 2.75) is 25.7 Å². The van der Waals surface area contributed by atoms with Gasteiger partial charge in [0.25, 0.3) is 0 Å². The van der Waals surface area contributed by atoms with Crippen LogP contribution < -0.4 is 0 Å². The van der Waals surface area contributed by atoms with Gasteiger partial charge in [-0.25, -0.2) is 0 Å². The summed E-state index contributed by atoms with van der Waals surface area (Å²) in [5, 5.41) is 12.7. The van der Waals surface area contributed by atoms with Gasteiger partial charge < -0.3 is 5.21 Å². The molecule has 0 bridgehead atoms. The van der Waals surface area contributed by atoms with E-state index >= 15 is 0 Å². The van der Waals surface area contributed by atoms with Crippen molar-refractivity contribution in [2.75, 3.05) is 0 Å². The summed E-state index contributed by atoms with van der Waals surface area (Å²) in [6.07, 6.45) is 3.78. The Hall–Kier alpha value is -2.35. The lowest BCUT2D eigenvalue weighted by atomic mass is 9.80. The Bertz CT molecular complexity index is 668. The van der Waals surface area contributed by atoms with Crippen LogP contribution in [0.3, 0.4) is 0 Å². The summed E-state index contributed by atoms with van der Waals surface area (Å²) in [6.45, 7) is 2.10. The van der Waals surface area contributed by atoms with E-state index < -0.39 is 0 Å². The van der Waals surface area contributed by atoms with E-state index in [1.165, 1.54) is 22.3 Å². The first-order valence-electron chi connectivity index (χ1n) is 7.30.